The standard InChI is InChI=1S/C20H26N4O2S.HI/c1-5-15-11-22-18(27-15)12-23-20(21-4)24-13(3)17-10-14-8-7-9-16(25-6-2)19(14)26-17;/h7-11,13H,5-6,12H2,1-4H3,(H2,21,23,24);1H. The number of ether oxygens (including phenoxy) is 1. The highest BCUT2D eigenvalue weighted by atomic mass is 127. The molecule has 2 N–H and O–H groups in total. The van der Waals surface area contributed by atoms with Gasteiger partial charge in [0.2, 0.25) is 0 Å². The maximum Gasteiger partial charge on any atom is 0.191 e. The summed E-state index contributed by atoms with van der Waals surface area (Å²) >= 11 is 1.72. The van der Waals surface area contributed by atoms with Gasteiger partial charge in [-0.2, -0.15) is 0 Å². The number of nitrogens with zero attached hydrogens (tertiary/aromatic N) is 2. The number of hydrogen-bond donors (Lipinski definition) is 2. The van der Waals surface area contributed by atoms with Gasteiger partial charge in [0.15, 0.2) is 17.3 Å². The van der Waals surface area contributed by atoms with Crippen LogP contribution in [0.1, 0.15) is 42.5 Å². The van der Waals surface area contributed by atoms with E-state index in [4.69, 9.17) is 9.15 Å². The second-order valence-corrected chi connectivity index (χ2v) is 7.32. The fourth-order valence-corrected chi connectivity index (χ4v) is 3.56. The largest absolute Gasteiger partial charge is 0.490 e. The lowest BCUT2D eigenvalue weighted by Crippen LogP contribution is -2.38. The molecule has 6 nitrogen and oxygen atoms in total. The van der Waals surface area contributed by atoms with Crippen LogP contribution in [-0.2, 0) is 13.0 Å². The van der Waals surface area contributed by atoms with Crippen molar-refractivity contribution in [3.8, 4) is 5.75 Å². The van der Waals surface area contributed by atoms with Crippen LogP contribution in [0, 0.1) is 0 Å². The minimum absolute atomic E-state index is 0. The summed E-state index contributed by atoms with van der Waals surface area (Å²) in [6, 6.07) is 7.93. The van der Waals surface area contributed by atoms with Crippen LogP contribution in [0.15, 0.2) is 39.9 Å². The molecule has 2 aromatic heterocycles. The number of hydrogen-bond acceptors (Lipinski definition) is 5. The number of benzene rings is 1. The smallest absolute Gasteiger partial charge is 0.191 e. The molecule has 0 fully saturated rings. The second-order valence-electron chi connectivity index (χ2n) is 6.12. The molecule has 0 amide bonds. The summed E-state index contributed by atoms with van der Waals surface area (Å²) in [4.78, 5) is 10.0. The molecule has 0 saturated heterocycles. The summed E-state index contributed by atoms with van der Waals surface area (Å²) in [6.45, 7) is 7.40. The zero-order valence-corrected chi connectivity index (χ0v) is 19.8. The van der Waals surface area contributed by atoms with E-state index in [9.17, 15) is 0 Å². The molecule has 0 aliphatic rings. The van der Waals surface area contributed by atoms with Crippen LogP contribution in [0.25, 0.3) is 11.0 Å². The summed E-state index contributed by atoms with van der Waals surface area (Å²) in [5, 5.41) is 8.76. The van der Waals surface area contributed by atoms with Crippen molar-refractivity contribution in [3.63, 3.8) is 0 Å². The maximum absolute atomic E-state index is 6.06. The minimum Gasteiger partial charge on any atom is -0.490 e. The number of fused-ring (bicyclic) bond motifs is 1. The zero-order valence-electron chi connectivity index (χ0n) is 16.6. The monoisotopic (exact) mass is 514 g/mol. The number of halogens is 1. The summed E-state index contributed by atoms with van der Waals surface area (Å²) in [6.07, 6.45) is 2.95. The molecule has 0 aliphatic carbocycles. The van der Waals surface area contributed by atoms with Crippen molar-refractivity contribution in [2.75, 3.05) is 13.7 Å². The van der Waals surface area contributed by atoms with Crippen LogP contribution in [0.3, 0.4) is 0 Å². The van der Waals surface area contributed by atoms with Gasteiger partial charge in [-0.1, -0.05) is 19.1 Å². The fourth-order valence-electron chi connectivity index (χ4n) is 2.76. The molecule has 8 heteroatoms. The Bertz CT molecular complexity index is 922. The number of aliphatic imine (C=N–C) groups is 1. The molecule has 28 heavy (non-hydrogen) atoms. The van der Waals surface area contributed by atoms with Crippen molar-refractivity contribution in [2.24, 2.45) is 4.99 Å². The van der Waals surface area contributed by atoms with Gasteiger partial charge in [0.25, 0.3) is 0 Å². The average molecular weight is 514 g/mol. The highest BCUT2D eigenvalue weighted by Gasteiger charge is 2.15. The Morgan fingerprint density at radius 2 is 2.18 bits per heavy atom. The summed E-state index contributed by atoms with van der Waals surface area (Å²) in [5.41, 5.74) is 0.779. The Balaban J connectivity index is 0.00000280. The summed E-state index contributed by atoms with van der Waals surface area (Å²) in [7, 11) is 1.76. The highest BCUT2D eigenvalue weighted by Crippen LogP contribution is 2.31. The zero-order chi connectivity index (χ0) is 19.2. The van der Waals surface area contributed by atoms with E-state index in [0.29, 0.717) is 19.1 Å². The first-order chi connectivity index (χ1) is 13.1. The molecule has 0 bridgehead atoms. The van der Waals surface area contributed by atoms with Crippen molar-refractivity contribution in [2.45, 2.75) is 39.8 Å². The van der Waals surface area contributed by atoms with Crippen LogP contribution in [0.2, 0.25) is 0 Å². The van der Waals surface area contributed by atoms with Crippen molar-refractivity contribution >= 4 is 52.2 Å². The fraction of sp³-hybridized carbons (Fsp3) is 0.400. The first kappa shape index (κ1) is 22.5. The van der Waals surface area contributed by atoms with E-state index in [1.807, 2.05) is 44.3 Å². The summed E-state index contributed by atoms with van der Waals surface area (Å²) in [5.74, 6) is 2.32. The van der Waals surface area contributed by atoms with E-state index >= 15 is 0 Å². The van der Waals surface area contributed by atoms with Crippen molar-refractivity contribution in [1.29, 1.82) is 0 Å². The van der Waals surface area contributed by atoms with E-state index in [1.54, 1.807) is 18.4 Å². The Morgan fingerprint density at radius 1 is 1.36 bits per heavy atom. The van der Waals surface area contributed by atoms with Crippen LogP contribution in [0.4, 0.5) is 0 Å². The van der Waals surface area contributed by atoms with Gasteiger partial charge in [-0.3, -0.25) is 4.99 Å². The van der Waals surface area contributed by atoms with Crippen LogP contribution in [-0.4, -0.2) is 24.6 Å². The van der Waals surface area contributed by atoms with Gasteiger partial charge in [0.05, 0.1) is 19.2 Å². The lowest BCUT2D eigenvalue weighted by Gasteiger charge is -2.15. The average Bonchev–Trinajstić information content (AvgIpc) is 3.32. The molecule has 0 radical (unpaired) electrons. The van der Waals surface area contributed by atoms with E-state index in [0.717, 1.165) is 33.9 Å². The lowest BCUT2D eigenvalue weighted by molar-refractivity contribution is 0.336. The molecule has 0 saturated carbocycles. The number of rotatable bonds is 7. The Hall–Kier alpha value is -1.81. The molecule has 3 rings (SSSR count). The Morgan fingerprint density at radius 3 is 2.86 bits per heavy atom. The van der Waals surface area contributed by atoms with Gasteiger partial charge in [-0.25, -0.2) is 4.98 Å². The molecule has 1 aromatic carbocycles. The number of furan rings is 1. The van der Waals surface area contributed by atoms with Gasteiger partial charge in [-0.05, 0) is 32.4 Å². The van der Waals surface area contributed by atoms with Gasteiger partial charge in [0.1, 0.15) is 10.8 Å². The topological polar surface area (TPSA) is 71.7 Å². The molecule has 0 aliphatic heterocycles. The predicted octanol–water partition coefficient (Wildman–Crippen LogP) is 4.89. The Labute approximate surface area is 186 Å². The molecule has 152 valence electrons. The molecule has 2 heterocycles. The number of nitrogens with one attached hydrogen (secondary N) is 2. The molecule has 3 aromatic rings. The first-order valence-electron chi connectivity index (χ1n) is 9.20. The highest BCUT2D eigenvalue weighted by molar-refractivity contribution is 14.0. The SMILES string of the molecule is CCOc1cccc2cc(C(C)NC(=NC)NCc3ncc(CC)s3)oc12.I. The third kappa shape index (κ3) is 5.38. The van der Waals surface area contributed by atoms with Gasteiger partial charge in [-0.15, -0.1) is 35.3 Å². The lowest BCUT2D eigenvalue weighted by atomic mass is 10.2. The molecule has 1 unspecified atom stereocenters. The van der Waals surface area contributed by atoms with Crippen molar-refractivity contribution in [3.05, 3.63) is 46.1 Å². The van der Waals surface area contributed by atoms with Gasteiger partial charge < -0.3 is 19.8 Å². The van der Waals surface area contributed by atoms with Crippen LogP contribution in [0.5, 0.6) is 5.75 Å². The van der Waals surface area contributed by atoms with E-state index in [-0.39, 0.29) is 30.0 Å². The van der Waals surface area contributed by atoms with Crippen molar-refractivity contribution < 1.29 is 9.15 Å². The Kier molecular flexibility index (Phi) is 8.56. The quantitative estimate of drug-likeness (QED) is 0.267. The predicted molar refractivity (Wildman–Crippen MR) is 126 cm³/mol. The number of aryl methyl sites for hydroxylation is 1. The third-order valence-electron chi connectivity index (χ3n) is 4.19. The molecular weight excluding hydrogens is 487 g/mol. The third-order valence-corrected chi connectivity index (χ3v) is 5.33. The van der Waals surface area contributed by atoms with Gasteiger partial charge >= 0.3 is 0 Å². The summed E-state index contributed by atoms with van der Waals surface area (Å²) < 4.78 is 11.7. The first-order valence-corrected chi connectivity index (χ1v) is 10.0. The molecular formula is C20H27IN4O2S. The number of guanidine groups is 1. The van der Waals surface area contributed by atoms with Gasteiger partial charge in [0, 0.05) is 23.5 Å². The maximum atomic E-state index is 6.06. The van der Waals surface area contributed by atoms with E-state index in [1.165, 1.54) is 4.88 Å². The number of para-hydroxylation sites is 1. The van der Waals surface area contributed by atoms with Crippen LogP contribution < -0.4 is 15.4 Å². The van der Waals surface area contributed by atoms with Crippen molar-refractivity contribution in [1.82, 2.24) is 15.6 Å². The molecule has 0 spiro atoms. The normalized spacial score (nSPS) is 12.5. The second kappa shape index (κ2) is 10.7. The minimum atomic E-state index is -0.0411. The van der Waals surface area contributed by atoms with Crippen LogP contribution >= 0.6 is 35.3 Å². The number of thiazole rings is 1. The van der Waals surface area contributed by atoms with E-state index in [2.05, 4.69) is 27.5 Å². The van der Waals surface area contributed by atoms with E-state index < -0.39 is 0 Å². The number of aromatic nitrogens is 1. The molecule has 1 atom stereocenters.